The number of ether oxygens (including phenoxy) is 1. The first kappa shape index (κ1) is 12.8. The van der Waals surface area contributed by atoms with Crippen LogP contribution in [0.3, 0.4) is 0 Å². The summed E-state index contributed by atoms with van der Waals surface area (Å²) in [7, 11) is 1.30. The number of carbonyl (C=O) groups excluding carboxylic acids is 1. The van der Waals surface area contributed by atoms with Crippen LogP contribution in [0.5, 0.6) is 0 Å². The molecule has 1 aromatic rings. The molecule has 14 heavy (non-hydrogen) atoms. The third-order valence-electron chi connectivity index (χ3n) is 1.56. The zero-order valence-electron chi connectivity index (χ0n) is 7.71. The summed E-state index contributed by atoms with van der Waals surface area (Å²) in [6.45, 7) is 0. The normalized spacial score (nSPS) is 11.3. The van der Waals surface area contributed by atoms with Gasteiger partial charge in [0.2, 0.25) is 0 Å². The van der Waals surface area contributed by atoms with Gasteiger partial charge in [-0.3, -0.25) is 4.79 Å². The van der Waals surface area contributed by atoms with Crippen LogP contribution in [0, 0.1) is 0 Å². The molecule has 78 valence electrons. The zero-order valence-corrected chi connectivity index (χ0v) is 8.53. The molecule has 0 bridgehead atoms. The van der Waals surface area contributed by atoms with Crippen LogP contribution in [0.25, 0.3) is 0 Å². The molecule has 1 heterocycles. The maximum atomic E-state index is 10.9. The smallest absolute Gasteiger partial charge is 0.323 e. The van der Waals surface area contributed by atoms with E-state index in [4.69, 9.17) is 5.73 Å². The molecule has 2 N–H and O–H groups in total. The van der Waals surface area contributed by atoms with Gasteiger partial charge in [0.15, 0.2) is 0 Å². The minimum Gasteiger partial charge on any atom is -0.468 e. The van der Waals surface area contributed by atoms with E-state index in [0.717, 1.165) is 0 Å². The Morgan fingerprint density at radius 2 is 2.43 bits per heavy atom. The summed E-state index contributed by atoms with van der Waals surface area (Å²) in [6.07, 6.45) is 1.91. The van der Waals surface area contributed by atoms with Crippen molar-refractivity contribution in [1.29, 1.82) is 0 Å². The molecule has 0 spiro atoms. The fourth-order valence-corrected chi connectivity index (χ4v) is 0.902. The van der Waals surface area contributed by atoms with Gasteiger partial charge in [0.25, 0.3) is 0 Å². The lowest BCUT2D eigenvalue weighted by Crippen LogP contribution is -2.33. The number of aromatic nitrogens is 2. The fraction of sp³-hybridized carbons (Fsp3) is 0.375. The Morgan fingerprint density at radius 1 is 1.71 bits per heavy atom. The van der Waals surface area contributed by atoms with Gasteiger partial charge in [0.05, 0.1) is 12.8 Å². The number of nitrogens with two attached hydrogens (primary N) is 1. The third kappa shape index (κ3) is 3.68. The number of methoxy groups -OCH3 is 1. The number of halogens is 1. The van der Waals surface area contributed by atoms with Crippen molar-refractivity contribution < 1.29 is 9.53 Å². The minimum absolute atomic E-state index is 0. The molecule has 5 nitrogen and oxygen atoms in total. The van der Waals surface area contributed by atoms with Gasteiger partial charge in [-0.1, -0.05) is 0 Å². The predicted molar refractivity (Wildman–Crippen MR) is 53.0 cm³/mol. The van der Waals surface area contributed by atoms with Crippen LogP contribution in [-0.4, -0.2) is 29.3 Å². The van der Waals surface area contributed by atoms with Crippen molar-refractivity contribution in [3.05, 3.63) is 24.0 Å². The summed E-state index contributed by atoms with van der Waals surface area (Å²) < 4.78 is 4.47. The van der Waals surface area contributed by atoms with Crippen LogP contribution < -0.4 is 5.73 Å². The van der Waals surface area contributed by atoms with Gasteiger partial charge in [0.1, 0.15) is 6.04 Å². The number of hydrogen-bond acceptors (Lipinski definition) is 5. The van der Waals surface area contributed by atoms with Gasteiger partial charge in [-0.25, -0.2) is 0 Å². The number of rotatable bonds is 3. The third-order valence-corrected chi connectivity index (χ3v) is 1.56. The highest BCUT2D eigenvalue weighted by molar-refractivity contribution is 5.85. The SMILES string of the molecule is COC(=O)[C@H](N)Cc1cccnn1.Cl. The Bertz CT molecular complexity index is 281. The molecule has 0 unspecified atom stereocenters. The van der Waals surface area contributed by atoms with Crippen LogP contribution >= 0.6 is 12.4 Å². The Labute approximate surface area is 88.1 Å². The topological polar surface area (TPSA) is 78.1 Å². The zero-order chi connectivity index (χ0) is 9.68. The van der Waals surface area contributed by atoms with E-state index < -0.39 is 12.0 Å². The molecule has 0 saturated carbocycles. The van der Waals surface area contributed by atoms with Gasteiger partial charge in [-0.15, -0.1) is 12.4 Å². The Balaban J connectivity index is 0.00000169. The van der Waals surface area contributed by atoms with E-state index in [1.807, 2.05) is 0 Å². The Hall–Kier alpha value is -1.20. The molecule has 1 aromatic heterocycles. The summed E-state index contributed by atoms with van der Waals surface area (Å²) >= 11 is 0. The van der Waals surface area contributed by atoms with Crippen LogP contribution in [-0.2, 0) is 16.0 Å². The second-order valence-electron chi connectivity index (χ2n) is 2.55. The van der Waals surface area contributed by atoms with Crippen molar-refractivity contribution in [3.8, 4) is 0 Å². The van der Waals surface area contributed by atoms with Crippen molar-refractivity contribution in [2.45, 2.75) is 12.5 Å². The number of esters is 1. The lowest BCUT2D eigenvalue weighted by Gasteiger charge is -2.06. The molecule has 0 radical (unpaired) electrons. The summed E-state index contributed by atoms with van der Waals surface area (Å²) in [5.41, 5.74) is 6.20. The highest BCUT2D eigenvalue weighted by Gasteiger charge is 2.14. The fourth-order valence-electron chi connectivity index (χ4n) is 0.902. The molecule has 6 heteroatoms. The van der Waals surface area contributed by atoms with Gasteiger partial charge >= 0.3 is 5.97 Å². The molecule has 0 aliphatic carbocycles. The summed E-state index contributed by atoms with van der Waals surface area (Å²) in [5, 5.41) is 7.46. The lowest BCUT2D eigenvalue weighted by molar-refractivity contribution is -0.142. The first-order valence-corrected chi connectivity index (χ1v) is 3.84. The van der Waals surface area contributed by atoms with E-state index in [1.165, 1.54) is 7.11 Å². The van der Waals surface area contributed by atoms with Gasteiger partial charge < -0.3 is 10.5 Å². The van der Waals surface area contributed by atoms with Crippen LogP contribution in [0.15, 0.2) is 18.3 Å². The molecule has 0 saturated heterocycles. The van der Waals surface area contributed by atoms with E-state index in [0.29, 0.717) is 12.1 Å². The average molecular weight is 218 g/mol. The summed E-state index contributed by atoms with van der Waals surface area (Å²) in [6, 6.07) is 2.84. The summed E-state index contributed by atoms with van der Waals surface area (Å²) in [4.78, 5) is 10.9. The first-order chi connectivity index (χ1) is 6.24. The summed E-state index contributed by atoms with van der Waals surface area (Å²) in [5.74, 6) is -0.439. The maximum absolute atomic E-state index is 10.9. The van der Waals surface area contributed by atoms with Crippen LogP contribution in [0.1, 0.15) is 5.69 Å². The lowest BCUT2D eigenvalue weighted by atomic mass is 10.1. The van der Waals surface area contributed by atoms with Crippen molar-refractivity contribution in [3.63, 3.8) is 0 Å². The Morgan fingerprint density at radius 3 is 2.93 bits per heavy atom. The largest absolute Gasteiger partial charge is 0.468 e. The highest BCUT2D eigenvalue weighted by atomic mass is 35.5. The molecule has 1 atom stereocenters. The molecular weight excluding hydrogens is 206 g/mol. The first-order valence-electron chi connectivity index (χ1n) is 3.84. The second kappa shape index (κ2) is 6.28. The molecule has 0 aromatic carbocycles. The van der Waals surface area contributed by atoms with Crippen molar-refractivity contribution in [2.75, 3.05) is 7.11 Å². The molecule has 0 fully saturated rings. The maximum Gasteiger partial charge on any atom is 0.323 e. The van der Waals surface area contributed by atoms with Gasteiger partial charge in [-0.05, 0) is 12.1 Å². The molecular formula is C8H12ClN3O2. The van der Waals surface area contributed by atoms with E-state index in [2.05, 4.69) is 14.9 Å². The van der Waals surface area contributed by atoms with Crippen molar-refractivity contribution in [1.82, 2.24) is 10.2 Å². The van der Waals surface area contributed by atoms with Crippen LogP contribution in [0.4, 0.5) is 0 Å². The van der Waals surface area contributed by atoms with Gasteiger partial charge in [0, 0.05) is 12.6 Å². The molecule has 0 aliphatic rings. The predicted octanol–water partition coefficient (Wildman–Crippen LogP) is -0.0588. The number of hydrogen-bond donors (Lipinski definition) is 1. The average Bonchev–Trinajstić information content (AvgIpc) is 2.18. The minimum atomic E-state index is -0.665. The van der Waals surface area contributed by atoms with E-state index in [-0.39, 0.29) is 12.4 Å². The standard InChI is InChI=1S/C8H11N3O2.ClH/c1-13-8(12)7(9)5-6-3-2-4-10-11-6;/h2-4,7H,5,9H2,1H3;1H/t7-;/m1./s1. The van der Waals surface area contributed by atoms with Gasteiger partial charge in [-0.2, -0.15) is 10.2 Å². The molecule has 0 amide bonds. The highest BCUT2D eigenvalue weighted by Crippen LogP contribution is 1.97. The number of nitrogens with zero attached hydrogens (tertiary/aromatic N) is 2. The van der Waals surface area contributed by atoms with Crippen LogP contribution in [0.2, 0.25) is 0 Å². The van der Waals surface area contributed by atoms with E-state index in [1.54, 1.807) is 18.3 Å². The van der Waals surface area contributed by atoms with Crippen molar-refractivity contribution >= 4 is 18.4 Å². The monoisotopic (exact) mass is 217 g/mol. The molecule has 1 rings (SSSR count). The Kier molecular flexibility index (Phi) is 5.74. The van der Waals surface area contributed by atoms with E-state index in [9.17, 15) is 4.79 Å². The number of carbonyl (C=O) groups is 1. The molecule has 0 aliphatic heterocycles. The van der Waals surface area contributed by atoms with Crippen molar-refractivity contribution in [2.24, 2.45) is 5.73 Å². The van der Waals surface area contributed by atoms with E-state index >= 15 is 0 Å². The quantitative estimate of drug-likeness (QED) is 0.718. The second-order valence-corrected chi connectivity index (χ2v) is 2.55.